The molecule has 1 rings (SSSR count). The van der Waals surface area contributed by atoms with Crippen LogP contribution in [-0.4, -0.2) is 48.3 Å². The van der Waals surface area contributed by atoms with Crippen LogP contribution < -0.4 is 0 Å². The second-order valence-corrected chi connectivity index (χ2v) is 4.23. The van der Waals surface area contributed by atoms with Gasteiger partial charge in [0.1, 0.15) is 0 Å². The van der Waals surface area contributed by atoms with Crippen molar-refractivity contribution in [2.75, 3.05) is 27.3 Å². The minimum absolute atomic E-state index is 0.0818. The smallest absolute Gasteiger partial charge is 0.269 e. The summed E-state index contributed by atoms with van der Waals surface area (Å²) in [5.41, 5.74) is 0.926. The predicted molar refractivity (Wildman–Crippen MR) is 67.3 cm³/mol. The van der Waals surface area contributed by atoms with Crippen molar-refractivity contribution in [3.05, 3.63) is 39.9 Å². The van der Waals surface area contributed by atoms with Gasteiger partial charge < -0.3 is 9.84 Å². The number of nitrogens with zero attached hydrogens (tertiary/aromatic N) is 2. The molecule has 0 amide bonds. The fraction of sp³-hybridized carbons (Fsp3) is 0.500. The molecule has 0 aliphatic heterocycles. The van der Waals surface area contributed by atoms with E-state index in [9.17, 15) is 15.2 Å². The maximum atomic E-state index is 10.6. The third kappa shape index (κ3) is 4.79. The zero-order valence-electron chi connectivity index (χ0n) is 10.6. The summed E-state index contributed by atoms with van der Waals surface area (Å²) in [5, 5.41) is 20.2. The number of methoxy groups -OCH3 is 1. The Morgan fingerprint density at radius 3 is 2.89 bits per heavy atom. The Balaban J connectivity index is 2.56. The molecule has 1 unspecified atom stereocenters. The summed E-state index contributed by atoms with van der Waals surface area (Å²) in [7, 11) is 3.38. The first kappa shape index (κ1) is 14.6. The first-order valence-electron chi connectivity index (χ1n) is 5.61. The molecule has 0 saturated heterocycles. The molecule has 0 heterocycles. The molecule has 0 aromatic heterocycles. The van der Waals surface area contributed by atoms with Crippen molar-refractivity contribution < 1.29 is 14.8 Å². The van der Waals surface area contributed by atoms with Crippen molar-refractivity contribution in [1.29, 1.82) is 0 Å². The molecule has 0 saturated carbocycles. The minimum Gasteiger partial charge on any atom is -0.389 e. The highest BCUT2D eigenvalue weighted by atomic mass is 16.6. The lowest BCUT2D eigenvalue weighted by Crippen LogP contribution is -2.31. The van der Waals surface area contributed by atoms with Crippen molar-refractivity contribution in [2.24, 2.45) is 0 Å². The number of hydrogen-bond donors (Lipinski definition) is 1. The molecule has 1 atom stereocenters. The highest BCUT2D eigenvalue weighted by molar-refractivity contribution is 5.34. The van der Waals surface area contributed by atoms with Gasteiger partial charge in [-0.3, -0.25) is 15.0 Å². The van der Waals surface area contributed by atoms with Crippen LogP contribution >= 0.6 is 0 Å². The van der Waals surface area contributed by atoms with Crippen LogP contribution in [0.3, 0.4) is 0 Å². The van der Waals surface area contributed by atoms with Gasteiger partial charge in [-0.1, -0.05) is 12.1 Å². The Bertz CT molecular complexity index is 397. The number of nitro groups is 1. The van der Waals surface area contributed by atoms with Gasteiger partial charge in [-0.25, -0.2) is 0 Å². The highest BCUT2D eigenvalue weighted by Crippen LogP contribution is 2.14. The molecule has 0 radical (unpaired) electrons. The van der Waals surface area contributed by atoms with Gasteiger partial charge in [-0.05, 0) is 12.6 Å². The van der Waals surface area contributed by atoms with E-state index >= 15 is 0 Å². The fourth-order valence-electron chi connectivity index (χ4n) is 1.75. The van der Waals surface area contributed by atoms with Gasteiger partial charge in [0.05, 0.1) is 17.6 Å². The lowest BCUT2D eigenvalue weighted by molar-refractivity contribution is -0.384. The lowest BCUT2D eigenvalue weighted by Gasteiger charge is -2.20. The number of aliphatic hydroxyl groups excluding tert-OH is 1. The first-order chi connectivity index (χ1) is 8.52. The van der Waals surface area contributed by atoms with Crippen LogP contribution in [0.15, 0.2) is 24.3 Å². The Hall–Kier alpha value is -1.50. The van der Waals surface area contributed by atoms with Crippen LogP contribution in [0.2, 0.25) is 0 Å². The normalized spacial score (nSPS) is 12.7. The number of hydrogen-bond acceptors (Lipinski definition) is 5. The quantitative estimate of drug-likeness (QED) is 0.581. The number of ether oxygens (including phenoxy) is 1. The SMILES string of the molecule is COCC(O)CN(C)Cc1cccc([N+](=O)[O-])c1. The summed E-state index contributed by atoms with van der Waals surface area (Å²) in [6.45, 7) is 1.28. The largest absolute Gasteiger partial charge is 0.389 e. The predicted octanol–water partition coefficient (Wildman–Crippen LogP) is 1.03. The topological polar surface area (TPSA) is 75.8 Å². The van der Waals surface area contributed by atoms with Crippen molar-refractivity contribution in [3.63, 3.8) is 0 Å². The Kier molecular flexibility index (Phi) is 5.70. The van der Waals surface area contributed by atoms with Crippen molar-refractivity contribution in [3.8, 4) is 0 Å². The Labute approximate surface area is 106 Å². The van der Waals surface area contributed by atoms with E-state index in [1.165, 1.54) is 13.2 Å². The first-order valence-corrected chi connectivity index (χ1v) is 5.61. The molecule has 0 fully saturated rings. The molecule has 0 aliphatic rings. The van der Waals surface area contributed by atoms with Crippen LogP contribution in [0.25, 0.3) is 0 Å². The van der Waals surface area contributed by atoms with Gasteiger partial charge in [0.25, 0.3) is 5.69 Å². The van der Waals surface area contributed by atoms with Crippen LogP contribution in [0, 0.1) is 10.1 Å². The van der Waals surface area contributed by atoms with Crippen molar-refractivity contribution in [2.45, 2.75) is 12.6 Å². The van der Waals surface area contributed by atoms with Crippen LogP contribution in [0.1, 0.15) is 5.56 Å². The standard InChI is InChI=1S/C12H18N2O4/c1-13(8-12(15)9-18-2)7-10-4-3-5-11(6-10)14(16)17/h3-6,12,15H,7-9H2,1-2H3. The van der Waals surface area contributed by atoms with Gasteiger partial charge >= 0.3 is 0 Å². The van der Waals surface area contributed by atoms with Crippen LogP contribution in [0.5, 0.6) is 0 Å². The summed E-state index contributed by atoms with van der Waals surface area (Å²) in [6.07, 6.45) is -0.557. The lowest BCUT2D eigenvalue weighted by atomic mass is 10.2. The Morgan fingerprint density at radius 1 is 1.56 bits per heavy atom. The van der Waals surface area contributed by atoms with Crippen LogP contribution in [-0.2, 0) is 11.3 Å². The van der Waals surface area contributed by atoms with Crippen LogP contribution in [0.4, 0.5) is 5.69 Å². The van der Waals surface area contributed by atoms with Gasteiger partial charge in [0.2, 0.25) is 0 Å². The number of benzene rings is 1. The van der Waals surface area contributed by atoms with E-state index in [2.05, 4.69) is 0 Å². The molecule has 18 heavy (non-hydrogen) atoms. The molecule has 6 nitrogen and oxygen atoms in total. The molecule has 100 valence electrons. The zero-order chi connectivity index (χ0) is 13.5. The summed E-state index contributed by atoms with van der Waals surface area (Å²) >= 11 is 0. The number of rotatable bonds is 7. The van der Waals surface area contributed by atoms with E-state index in [0.717, 1.165) is 5.56 Å². The van der Waals surface area contributed by atoms with Gasteiger partial charge in [0, 0.05) is 32.3 Å². The summed E-state index contributed by atoms with van der Waals surface area (Å²) < 4.78 is 4.84. The van der Waals surface area contributed by atoms with E-state index in [1.54, 1.807) is 12.1 Å². The third-order valence-electron chi connectivity index (χ3n) is 2.46. The second kappa shape index (κ2) is 7.05. The summed E-state index contributed by atoms with van der Waals surface area (Å²) in [4.78, 5) is 12.1. The van der Waals surface area contributed by atoms with E-state index in [4.69, 9.17) is 4.74 Å². The number of non-ortho nitro benzene ring substituents is 1. The molecule has 6 heteroatoms. The molecule has 0 aliphatic carbocycles. The van der Waals surface area contributed by atoms with Gasteiger partial charge in [0.15, 0.2) is 0 Å². The van der Waals surface area contributed by atoms with E-state index in [1.807, 2.05) is 18.0 Å². The highest BCUT2D eigenvalue weighted by Gasteiger charge is 2.10. The number of likely N-dealkylation sites (N-methyl/N-ethyl adjacent to an activating group) is 1. The summed E-state index contributed by atoms with van der Waals surface area (Å²) in [5.74, 6) is 0. The van der Waals surface area contributed by atoms with Crippen molar-refractivity contribution >= 4 is 5.69 Å². The average Bonchev–Trinajstić information content (AvgIpc) is 2.29. The van der Waals surface area contributed by atoms with Gasteiger partial charge in [-0.2, -0.15) is 0 Å². The van der Waals surface area contributed by atoms with Crippen molar-refractivity contribution in [1.82, 2.24) is 4.90 Å². The molecular formula is C12H18N2O4. The monoisotopic (exact) mass is 254 g/mol. The number of nitro benzene ring substituents is 1. The fourth-order valence-corrected chi connectivity index (χ4v) is 1.75. The maximum absolute atomic E-state index is 10.6. The second-order valence-electron chi connectivity index (χ2n) is 4.23. The van der Waals surface area contributed by atoms with Gasteiger partial charge in [-0.15, -0.1) is 0 Å². The molecule has 1 N–H and O–H groups in total. The molecule has 0 spiro atoms. The average molecular weight is 254 g/mol. The number of aliphatic hydroxyl groups is 1. The van der Waals surface area contributed by atoms with E-state index in [0.29, 0.717) is 13.1 Å². The van der Waals surface area contributed by atoms with E-state index in [-0.39, 0.29) is 12.3 Å². The minimum atomic E-state index is -0.557. The van der Waals surface area contributed by atoms with E-state index < -0.39 is 11.0 Å². The molecular weight excluding hydrogens is 236 g/mol. The third-order valence-corrected chi connectivity index (χ3v) is 2.46. The molecule has 1 aromatic rings. The Morgan fingerprint density at radius 2 is 2.28 bits per heavy atom. The molecule has 0 bridgehead atoms. The molecule has 1 aromatic carbocycles. The summed E-state index contributed by atoms with van der Waals surface area (Å²) in [6, 6.07) is 6.49. The zero-order valence-corrected chi connectivity index (χ0v) is 10.6. The maximum Gasteiger partial charge on any atom is 0.269 e.